The normalized spacial score (nSPS) is 10.6. The highest BCUT2D eigenvalue weighted by molar-refractivity contribution is 6.32. The van der Waals surface area contributed by atoms with Gasteiger partial charge in [-0.3, -0.25) is 4.68 Å². The number of hydrogen-bond donors (Lipinski definition) is 1. The van der Waals surface area contributed by atoms with Crippen molar-refractivity contribution in [1.82, 2.24) is 9.78 Å². The molecule has 2 N–H and O–H groups in total. The van der Waals surface area contributed by atoms with Crippen molar-refractivity contribution in [3.63, 3.8) is 0 Å². The van der Waals surface area contributed by atoms with E-state index in [2.05, 4.69) is 5.10 Å². The first-order chi connectivity index (χ1) is 8.99. The molecule has 0 radical (unpaired) electrons. The number of rotatable bonds is 3. The number of anilines is 1. The maximum absolute atomic E-state index is 6.22. The van der Waals surface area contributed by atoms with E-state index in [4.69, 9.17) is 26.8 Å². The largest absolute Gasteiger partial charge is 0.493 e. The predicted molar refractivity (Wildman–Crippen MR) is 75.9 cm³/mol. The molecule has 0 aliphatic rings. The second-order valence-corrected chi connectivity index (χ2v) is 4.58. The SMILES string of the molecule is COc1c(-c2cc(N)n(C)n2)cc(Cl)c(C)c1OC. The van der Waals surface area contributed by atoms with Gasteiger partial charge in [0.15, 0.2) is 11.5 Å². The molecule has 2 aromatic rings. The topological polar surface area (TPSA) is 62.3 Å². The van der Waals surface area contributed by atoms with E-state index >= 15 is 0 Å². The zero-order chi connectivity index (χ0) is 14.2. The van der Waals surface area contributed by atoms with Gasteiger partial charge in [-0.2, -0.15) is 5.10 Å². The van der Waals surface area contributed by atoms with Crippen molar-refractivity contribution in [2.45, 2.75) is 6.92 Å². The monoisotopic (exact) mass is 281 g/mol. The summed E-state index contributed by atoms with van der Waals surface area (Å²) in [5, 5.41) is 4.93. The van der Waals surface area contributed by atoms with Crippen LogP contribution < -0.4 is 15.2 Å². The average Bonchev–Trinajstić information content (AvgIpc) is 2.72. The van der Waals surface area contributed by atoms with Crippen LogP contribution in [0.3, 0.4) is 0 Å². The Kier molecular flexibility index (Phi) is 3.57. The molecule has 0 atom stereocenters. The van der Waals surface area contributed by atoms with Crippen LogP contribution in [0.4, 0.5) is 5.82 Å². The summed E-state index contributed by atoms with van der Waals surface area (Å²) in [5.74, 6) is 1.77. The molecule has 0 aliphatic heterocycles. The summed E-state index contributed by atoms with van der Waals surface area (Å²) in [6.07, 6.45) is 0. The molecule has 2 rings (SSSR count). The van der Waals surface area contributed by atoms with Crippen molar-refractivity contribution in [1.29, 1.82) is 0 Å². The number of halogens is 1. The Labute approximate surface area is 116 Å². The number of aryl methyl sites for hydroxylation is 1. The minimum absolute atomic E-state index is 0.563. The van der Waals surface area contributed by atoms with Crippen LogP contribution in [-0.4, -0.2) is 24.0 Å². The van der Waals surface area contributed by atoms with Gasteiger partial charge in [-0.1, -0.05) is 11.6 Å². The van der Waals surface area contributed by atoms with E-state index in [9.17, 15) is 0 Å². The predicted octanol–water partition coefficient (Wildman–Crippen LogP) is 2.65. The quantitative estimate of drug-likeness (QED) is 0.939. The van der Waals surface area contributed by atoms with Crippen molar-refractivity contribution in [2.75, 3.05) is 20.0 Å². The number of methoxy groups -OCH3 is 2. The molecule has 0 unspecified atom stereocenters. The van der Waals surface area contributed by atoms with Gasteiger partial charge in [-0.15, -0.1) is 0 Å². The fourth-order valence-electron chi connectivity index (χ4n) is 1.95. The molecule has 6 heteroatoms. The van der Waals surface area contributed by atoms with E-state index in [0.717, 1.165) is 11.1 Å². The van der Waals surface area contributed by atoms with Gasteiger partial charge in [0.2, 0.25) is 0 Å². The van der Waals surface area contributed by atoms with Gasteiger partial charge < -0.3 is 15.2 Å². The van der Waals surface area contributed by atoms with Crippen molar-refractivity contribution in [2.24, 2.45) is 7.05 Å². The summed E-state index contributed by atoms with van der Waals surface area (Å²) in [5.41, 5.74) is 8.07. The summed E-state index contributed by atoms with van der Waals surface area (Å²) in [4.78, 5) is 0. The Morgan fingerprint density at radius 1 is 1.21 bits per heavy atom. The lowest BCUT2D eigenvalue weighted by atomic mass is 10.1. The number of nitrogens with two attached hydrogens (primary N) is 1. The number of nitrogens with zero attached hydrogens (tertiary/aromatic N) is 2. The maximum atomic E-state index is 6.22. The first-order valence-corrected chi connectivity index (χ1v) is 6.08. The molecule has 0 saturated carbocycles. The summed E-state index contributed by atoms with van der Waals surface area (Å²) in [7, 11) is 4.94. The fraction of sp³-hybridized carbons (Fsp3) is 0.308. The number of nitrogen functional groups attached to an aromatic ring is 1. The van der Waals surface area contributed by atoms with E-state index < -0.39 is 0 Å². The van der Waals surface area contributed by atoms with Crippen molar-refractivity contribution < 1.29 is 9.47 Å². The van der Waals surface area contributed by atoms with Crippen LogP contribution in [0.5, 0.6) is 11.5 Å². The van der Waals surface area contributed by atoms with Crippen LogP contribution >= 0.6 is 11.6 Å². The van der Waals surface area contributed by atoms with Gasteiger partial charge in [0, 0.05) is 29.3 Å². The lowest BCUT2D eigenvalue weighted by molar-refractivity contribution is 0.354. The minimum Gasteiger partial charge on any atom is -0.493 e. The molecule has 1 aromatic carbocycles. The van der Waals surface area contributed by atoms with Crippen LogP contribution in [0.15, 0.2) is 12.1 Å². The molecule has 0 spiro atoms. The maximum Gasteiger partial charge on any atom is 0.170 e. The lowest BCUT2D eigenvalue weighted by Gasteiger charge is -2.15. The van der Waals surface area contributed by atoms with Crippen LogP contribution in [0, 0.1) is 6.92 Å². The zero-order valence-corrected chi connectivity index (χ0v) is 12.1. The molecule has 0 bridgehead atoms. The van der Waals surface area contributed by atoms with Gasteiger partial charge >= 0.3 is 0 Å². The van der Waals surface area contributed by atoms with Gasteiger partial charge in [0.25, 0.3) is 0 Å². The first kappa shape index (κ1) is 13.5. The van der Waals surface area contributed by atoms with Crippen molar-refractivity contribution in [3.05, 3.63) is 22.7 Å². The highest BCUT2D eigenvalue weighted by atomic mass is 35.5. The molecule has 1 heterocycles. The van der Waals surface area contributed by atoms with E-state index in [1.54, 1.807) is 38.1 Å². The molecule has 0 saturated heterocycles. The summed E-state index contributed by atoms with van der Waals surface area (Å²) >= 11 is 6.22. The standard InChI is InChI=1S/C13H16ClN3O2/c1-7-9(14)5-8(13(19-4)12(7)18-3)10-6-11(15)17(2)16-10/h5-6H,15H2,1-4H3. The van der Waals surface area contributed by atoms with Gasteiger partial charge in [-0.05, 0) is 13.0 Å². The van der Waals surface area contributed by atoms with Gasteiger partial charge in [-0.25, -0.2) is 0 Å². The Bertz CT molecular complexity index is 603. The third kappa shape index (κ3) is 2.21. The van der Waals surface area contributed by atoms with Gasteiger partial charge in [0.1, 0.15) is 5.82 Å². The van der Waals surface area contributed by atoms with Crippen LogP contribution in [0.25, 0.3) is 11.3 Å². The minimum atomic E-state index is 0.563. The lowest BCUT2D eigenvalue weighted by Crippen LogP contribution is -1.98. The second kappa shape index (κ2) is 5.01. The molecular formula is C13H16ClN3O2. The summed E-state index contributed by atoms with van der Waals surface area (Å²) < 4.78 is 12.4. The van der Waals surface area contributed by atoms with Crippen LogP contribution in [0.2, 0.25) is 5.02 Å². The first-order valence-electron chi connectivity index (χ1n) is 5.70. The molecular weight excluding hydrogens is 266 g/mol. The molecule has 1 aromatic heterocycles. The third-order valence-corrected chi connectivity index (χ3v) is 3.41. The second-order valence-electron chi connectivity index (χ2n) is 4.18. The Morgan fingerprint density at radius 3 is 2.32 bits per heavy atom. The summed E-state index contributed by atoms with van der Waals surface area (Å²) in [6.45, 7) is 1.88. The van der Waals surface area contributed by atoms with Crippen LogP contribution in [0.1, 0.15) is 5.56 Å². The van der Waals surface area contributed by atoms with E-state index in [1.165, 1.54) is 0 Å². The molecule has 102 valence electrons. The highest BCUT2D eigenvalue weighted by Crippen LogP contribution is 2.43. The Hall–Kier alpha value is -1.88. The Morgan fingerprint density at radius 2 is 1.84 bits per heavy atom. The third-order valence-electron chi connectivity index (χ3n) is 3.02. The molecule has 19 heavy (non-hydrogen) atoms. The number of benzene rings is 1. The Balaban J connectivity index is 2.72. The number of ether oxygens (including phenoxy) is 2. The zero-order valence-electron chi connectivity index (χ0n) is 11.3. The van der Waals surface area contributed by atoms with Crippen molar-refractivity contribution in [3.8, 4) is 22.8 Å². The van der Waals surface area contributed by atoms with E-state index in [-0.39, 0.29) is 0 Å². The highest BCUT2D eigenvalue weighted by Gasteiger charge is 2.19. The molecule has 0 fully saturated rings. The molecule has 0 aliphatic carbocycles. The van der Waals surface area contributed by atoms with E-state index in [0.29, 0.717) is 28.0 Å². The smallest absolute Gasteiger partial charge is 0.170 e. The molecule has 5 nitrogen and oxygen atoms in total. The van der Waals surface area contributed by atoms with E-state index in [1.807, 2.05) is 6.92 Å². The summed E-state index contributed by atoms with van der Waals surface area (Å²) in [6, 6.07) is 3.57. The fourth-order valence-corrected chi connectivity index (χ4v) is 2.15. The number of hydrogen-bond acceptors (Lipinski definition) is 4. The van der Waals surface area contributed by atoms with Gasteiger partial charge in [0.05, 0.1) is 19.9 Å². The van der Waals surface area contributed by atoms with Crippen molar-refractivity contribution >= 4 is 17.4 Å². The molecule has 0 amide bonds. The average molecular weight is 282 g/mol. The van der Waals surface area contributed by atoms with Crippen LogP contribution in [-0.2, 0) is 7.05 Å². The number of aromatic nitrogens is 2.